The fourth-order valence-corrected chi connectivity index (χ4v) is 1.45. The number of aromatic nitrogens is 1. The van der Waals surface area contributed by atoms with Gasteiger partial charge in [-0.3, -0.25) is 4.98 Å². The Balaban J connectivity index is 2.91. The number of benzene rings is 1. The Hall–Kier alpha value is -1.09. The van der Waals surface area contributed by atoms with Gasteiger partial charge in [0.1, 0.15) is 0 Å². The van der Waals surface area contributed by atoms with Gasteiger partial charge in [-0.25, -0.2) is 0 Å². The molecule has 0 fully saturated rings. The van der Waals surface area contributed by atoms with E-state index in [1.54, 1.807) is 6.20 Å². The average Bonchev–Trinajstić information content (AvgIpc) is 2.12. The van der Waals surface area contributed by atoms with Crippen LogP contribution in [0.5, 0.6) is 0 Å². The Labute approximate surface area is 78.5 Å². The lowest BCUT2D eigenvalue weighted by Crippen LogP contribution is -1.90. The van der Waals surface area contributed by atoms with E-state index in [2.05, 4.69) is 20.9 Å². The number of fused-ring (bicyclic) bond motifs is 1. The number of hydrogen-bond acceptors (Lipinski definition) is 2. The smallest absolute Gasteiger partial charge is 0.0723 e. The number of para-hydroxylation sites is 1. The second-order valence-corrected chi connectivity index (χ2v) is 3.39. The van der Waals surface area contributed by atoms with E-state index in [9.17, 15) is 0 Å². The van der Waals surface area contributed by atoms with E-state index in [0.717, 1.165) is 21.1 Å². The Morgan fingerprint density at radius 1 is 1.25 bits per heavy atom. The standard InChI is InChI=1S/C9H7BrN2/c10-7-5-12-8-4-2-1-3-6(8)9(7)11/h1-5H,(H2,11,12). The largest absolute Gasteiger partial charge is 0.397 e. The van der Waals surface area contributed by atoms with Crippen LogP contribution in [0.2, 0.25) is 0 Å². The van der Waals surface area contributed by atoms with Crippen molar-refractivity contribution in [3.8, 4) is 0 Å². The molecule has 0 aliphatic heterocycles. The van der Waals surface area contributed by atoms with E-state index in [0.29, 0.717) is 0 Å². The molecular weight excluding hydrogens is 216 g/mol. The Bertz CT molecular complexity index is 426. The molecule has 2 nitrogen and oxygen atoms in total. The number of nitrogens with zero attached hydrogens (tertiary/aromatic N) is 1. The molecule has 0 aliphatic carbocycles. The van der Waals surface area contributed by atoms with Gasteiger partial charge in [0.2, 0.25) is 0 Å². The summed E-state index contributed by atoms with van der Waals surface area (Å²) in [5, 5.41) is 0.992. The van der Waals surface area contributed by atoms with Crippen LogP contribution in [0.4, 0.5) is 5.69 Å². The minimum Gasteiger partial charge on any atom is -0.397 e. The molecule has 2 aromatic rings. The van der Waals surface area contributed by atoms with Crippen LogP contribution in [0.15, 0.2) is 34.9 Å². The van der Waals surface area contributed by atoms with E-state index in [1.807, 2.05) is 24.3 Å². The highest BCUT2D eigenvalue weighted by atomic mass is 79.9. The molecule has 0 aliphatic rings. The van der Waals surface area contributed by atoms with Gasteiger partial charge in [0.15, 0.2) is 0 Å². The van der Waals surface area contributed by atoms with E-state index in [4.69, 9.17) is 5.73 Å². The third-order valence-electron chi connectivity index (χ3n) is 1.77. The number of nitrogen functional groups attached to an aromatic ring is 1. The SMILES string of the molecule is Nc1c(Br)cnc2ccccc12. The molecular formula is C9H7BrN2. The molecule has 0 unspecified atom stereocenters. The maximum Gasteiger partial charge on any atom is 0.0723 e. The van der Waals surface area contributed by atoms with Crippen molar-refractivity contribution in [1.82, 2.24) is 4.98 Å². The Kier molecular flexibility index (Phi) is 1.73. The zero-order valence-electron chi connectivity index (χ0n) is 6.29. The van der Waals surface area contributed by atoms with Crippen molar-refractivity contribution in [2.45, 2.75) is 0 Å². The highest BCUT2D eigenvalue weighted by Crippen LogP contribution is 2.26. The summed E-state index contributed by atoms with van der Waals surface area (Å²) in [6.07, 6.45) is 1.72. The van der Waals surface area contributed by atoms with Crippen molar-refractivity contribution in [1.29, 1.82) is 0 Å². The summed E-state index contributed by atoms with van der Waals surface area (Å²) in [5.74, 6) is 0. The molecule has 0 atom stereocenters. The van der Waals surface area contributed by atoms with Crippen molar-refractivity contribution in [2.75, 3.05) is 5.73 Å². The summed E-state index contributed by atoms with van der Waals surface area (Å²) in [6.45, 7) is 0. The van der Waals surface area contributed by atoms with Gasteiger partial charge in [0.25, 0.3) is 0 Å². The molecule has 2 N–H and O–H groups in total. The van der Waals surface area contributed by atoms with Crippen LogP contribution in [-0.4, -0.2) is 4.98 Å². The number of nitrogens with two attached hydrogens (primary N) is 1. The molecule has 1 aromatic carbocycles. The molecule has 1 aromatic heterocycles. The van der Waals surface area contributed by atoms with Crippen molar-refractivity contribution in [2.24, 2.45) is 0 Å². The quantitative estimate of drug-likeness (QED) is 0.745. The van der Waals surface area contributed by atoms with Crippen molar-refractivity contribution in [3.05, 3.63) is 34.9 Å². The zero-order valence-corrected chi connectivity index (χ0v) is 7.88. The predicted octanol–water partition coefficient (Wildman–Crippen LogP) is 2.58. The van der Waals surface area contributed by atoms with Gasteiger partial charge in [-0.15, -0.1) is 0 Å². The lowest BCUT2D eigenvalue weighted by Gasteiger charge is -2.01. The summed E-state index contributed by atoms with van der Waals surface area (Å²) in [4.78, 5) is 4.21. The summed E-state index contributed by atoms with van der Waals surface area (Å²) in [6, 6.07) is 7.80. The van der Waals surface area contributed by atoms with Crippen LogP contribution in [0.3, 0.4) is 0 Å². The second-order valence-electron chi connectivity index (χ2n) is 2.54. The number of rotatable bonds is 0. The monoisotopic (exact) mass is 222 g/mol. The molecule has 0 saturated carbocycles. The van der Waals surface area contributed by atoms with Gasteiger partial charge in [-0.1, -0.05) is 18.2 Å². The number of halogens is 1. The summed E-state index contributed by atoms with van der Waals surface area (Å²) in [7, 11) is 0. The minimum atomic E-state index is 0.751. The van der Waals surface area contributed by atoms with Crippen molar-refractivity contribution >= 4 is 32.5 Å². The van der Waals surface area contributed by atoms with Crippen molar-refractivity contribution in [3.63, 3.8) is 0 Å². The van der Waals surface area contributed by atoms with Gasteiger partial charge >= 0.3 is 0 Å². The highest BCUT2D eigenvalue weighted by molar-refractivity contribution is 9.10. The van der Waals surface area contributed by atoms with Crippen LogP contribution >= 0.6 is 15.9 Å². The third kappa shape index (κ3) is 1.06. The van der Waals surface area contributed by atoms with Gasteiger partial charge in [0.05, 0.1) is 15.7 Å². The molecule has 1 heterocycles. The fourth-order valence-electron chi connectivity index (χ4n) is 1.14. The lowest BCUT2D eigenvalue weighted by molar-refractivity contribution is 1.39. The van der Waals surface area contributed by atoms with E-state index in [-0.39, 0.29) is 0 Å². The average molecular weight is 223 g/mol. The van der Waals surface area contributed by atoms with Gasteiger partial charge in [0, 0.05) is 11.6 Å². The summed E-state index contributed by atoms with van der Waals surface area (Å²) in [5.41, 5.74) is 7.51. The molecule has 0 saturated heterocycles. The second kappa shape index (κ2) is 2.75. The maximum atomic E-state index is 5.83. The van der Waals surface area contributed by atoms with Crippen LogP contribution in [-0.2, 0) is 0 Å². The fraction of sp³-hybridized carbons (Fsp3) is 0. The normalized spacial score (nSPS) is 10.4. The van der Waals surface area contributed by atoms with Gasteiger partial charge in [-0.05, 0) is 22.0 Å². The molecule has 0 radical (unpaired) electrons. The molecule has 60 valence electrons. The first-order chi connectivity index (χ1) is 5.79. The van der Waals surface area contributed by atoms with Crippen LogP contribution in [0.1, 0.15) is 0 Å². The number of pyridine rings is 1. The topological polar surface area (TPSA) is 38.9 Å². The predicted molar refractivity (Wildman–Crippen MR) is 53.9 cm³/mol. The van der Waals surface area contributed by atoms with E-state index in [1.165, 1.54) is 0 Å². The number of anilines is 1. The van der Waals surface area contributed by atoms with Crippen LogP contribution in [0, 0.1) is 0 Å². The Morgan fingerprint density at radius 2 is 2.00 bits per heavy atom. The summed E-state index contributed by atoms with van der Waals surface area (Å²) < 4.78 is 0.848. The van der Waals surface area contributed by atoms with Gasteiger partial charge < -0.3 is 5.73 Å². The van der Waals surface area contributed by atoms with E-state index < -0.39 is 0 Å². The maximum absolute atomic E-state index is 5.83. The van der Waals surface area contributed by atoms with Crippen LogP contribution < -0.4 is 5.73 Å². The molecule has 0 bridgehead atoms. The third-order valence-corrected chi connectivity index (χ3v) is 2.40. The molecule has 2 rings (SSSR count). The first-order valence-corrected chi connectivity index (χ1v) is 4.37. The molecule has 0 amide bonds. The summed E-state index contributed by atoms with van der Waals surface area (Å²) >= 11 is 3.33. The first kappa shape index (κ1) is 7.55. The van der Waals surface area contributed by atoms with Crippen molar-refractivity contribution < 1.29 is 0 Å². The first-order valence-electron chi connectivity index (χ1n) is 3.58. The van der Waals surface area contributed by atoms with Gasteiger partial charge in [-0.2, -0.15) is 0 Å². The highest BCUT2D eigenvalue weighted by Gasteiger charge is 2.00. The Morgan fingerprint density at radius 3 is 2.83 bits per heavy atom. The zero-order chi connectivity index (χ0) is 8.55. The molecule has 3 heteroatoms. The lowest BCUT2D eigenvalue weighted by atomic mass is 10.2. The molecule has 0 spiro atoms. The molecule has 12 heavy (non-hydrogen) atoms. The van der Waals surface area contributed by atoms with Crippen LogP contribution in [0.25, 0.3) is 10.9 Å². The number of hydrogen-bond donors (Lipinski definition) is 1. The minimum absolute atomic E-state index is 0.751. The van der Waals surface area contributed by atoms with E-state index >= 15 is 0 Å².